The molecule has 0 aromatic heterocycles. The number of ether oxygens (including phenoxy) is 2. The minimum absolute atomic E-state index is 0.280. The van der Waals surface area contributed by atoms with Crippen molar-refractivity contribution in [2.45, 2.75) is 266 Å². The van der Waals surface area contributed by atoms with Crippen molar-refractivity contribution in [3.8, 4) is 0 Å². The first-order chi connectivity index (χ1) is 24.8. The van der Waals surface area contributed by atoms with Crippen molar-refractivity contribution >= 4 is 0 Å². The Morgan fingerprint density at radius 2 is 0.620 bits per heavy atom. The van der Waals surface area contributed by atoms with Gasteiger partial charge >= 0.3 is 0 Å². The van der Waals surface area contributed by atoms with Gasteiger partial charge in [0.2, 0.25) is 0 Å². The highest BCUT2D eigenvalue weighted by Crippen LogP contribution is 2.12. The molecule has 0 aliphatic heterocycles. The van der Waals surface area contributed by atoms with Gasteiger partial charge in [-0.2, -0.15) is 0 Å². The average molecular weight is 707 g/mol. The minimum atomic E-state index is 0.280. The van der Waals surface area contributed by atoms with Gasteiger partial charge in [-0.05, 0) is 70.6 Å². The molecule has 0 fully saturated rings. The molecule has 0 amide bonds. The van der Waals surface area contributed by atoms with Crippen molar-refractivity contribution in [3.63, 3.8) is 0 Å². The summed E-state index contributed by atoms with van der Waals surface area (Å²) in [7, 11) is 0. The molecule has 2 nitrogen and oxygen atoms in total. The van der Waals surface area contributed by atoms with Crippen LogP contribution >= 0.6 is 0 Å². The molecule has 0 aliphatic rings. The smallest absolute Gasteiger partial charge is 0.0805 e. The summed E-state index contributed by atoms with van der Waals surface area (Å²) in [5.74, 6) is 0. The second-order valence-electron chi connectivity index (χ2n) is 14.6. The largest absolute Gasteiger partial charge is 0.379 e. The molecule has 0 spiro atoms. The first-order valence-electron chi connectivity index (χ1n) is 23.3. The molecule has 0 bridgehead atoms. The number of unbranched alkanes of at least 4 members (excludes halogenated alkanes) is 27. The van der Waals surface area contributed by atoms with Gasteiger partial charge in [0.15, 0.2) is 0 Å². The van der Waals surface area contributed by atoms with Crippen LogP contribution in [0, 0.1) is 0 Å². The third kappa shape index (κ3) is 54.2. The van der Waals surface area contributed by atoms with E-state index in [1.54, 1.807) is 0 Å². The Labute approximate surface area is 319 Å². The van der Waals surface area contributed by atoms with E-state index in [0.717, 1.165) is 26.2 Å². The van der Waals surface area contributed by atoms with Crippen LogP contribution in [0.3, 0.4) is 0 Å². The van der Waals surface area contributed by atoms with E-state index in [2.05, 4.69) is 58.9 Å². The van der Waals surface area contributed by atoms with Crippen LogP contribution in [-0.2, 0) is 9.47 Å². The van der Waals surface area contributed by atoms with E-state index in [1.807, 2.05) is 13.8 Å². The van der Waals surface area contributed by atoms with Crippen molar-refractivity contribution in [1.82, 2.24) is 0 Å². The maximum Gasteiger partial charge on any atom is 0.0805 e. The van der Waals surface area contributed by atoms with E-state index in [0.29, 0.717) is 0 Å². The van der Waals surface area contributed by atoms with E-state index in [-0.39, 0.29) is 6.10 Å². The van der Waals surface area contributed by atoms with E-state index in [4.69, 9.17) is 9.47 Å². The Hall–Kier alpha value is -0.600. The van der Waals surface area contributed by atoms with E-state index < -0.39 is 0 Å². The van der Waals surface area contributed by atoms with Gasteiger partial charge in [0, 0.05) is 13.2 Å². The molecular formula is C48H98O2. The molecule has 0 saturated carbocycles. The predicted molar refractivity (Wildman–Crippen MR) is 231 cm³/mol. The second kappa shape index (κ2) is 55.2. The van der Waals surface area contributed by atoms with Crippen molar-refractivity contribution in [3.05, 3.63) is 24.3 Å². The topological polar surface area (TPSA) is 18.5 Å². The third-order valence-electron chi connectivity index (χ3n) is 9.53. The van der Waals surface area contributed by atoms with Crippen LogP contribution in [0.25, 0.3) is 0 Å². The molecule has 1 atom stereocenters. The summed E-state index contributed by atoms with van der Waals surface area (Å²) in [6.07, 6.45) is 54.4. The van der Waals surface area contributed by atoms with Crippen LogP contribution in [0.4, 0.5) is 0 Å². The molecule has 0 radical (unpaired) electrons. The molecule has 0 saturated heterocycles. The number of allylic oxidation sites excluding steroid dienone is 4. The molecular weight excluding hydrogens is 609 g/mol. The molecule has 0 aromatic carbocycles. The summed E-state index contributed by atoms with van der Waals surface area (Å²) < 4.78 is 12.1. The van der Waals surface area contributed by atoms with Gasteiger partial charge in [0.05, 0.1) is 12.7 Å². The lowest BCUT2D eigenvalue weighted by Gasteiger charge is -2.16. The van der Waals surface area contributed by atoms with Crippen molar-refractivity contribution in [2.24, 2.45) is 0 Å². The highest BCUT2D eigenvalue weighted by atomic mass is 16.5. The molecule has 302 valence electrons. The Morgan fingerprint density at radius 1 is 0.340 bits per heavy atom. The predicted octanol–water partition coefficient (Wildman–Crippen LogP) is 17.5. The summed E-state index contributed by atoms with van der Waals surface area (Å²) in [5, 5.41) is 0. The second-order valence-corrected chi connectivity index (χ2v) is 14.6. The molecule has 0 aromatic rings. The lowest BCUT2D eigenvalue weighted by Crippen LogP contribution is -2.20. The van der Waals surface area contributed by atoms with Crippen molar-refractivity contribution in [2.75, 3.05) is 19.8 Å². The Kier molecular flexibility index (Phi) is 59.3. The summed E-state index contributed by atoms with van der Waals surface area (Å²) in [6.45, 7) is 17.8. The highest BCUT2D eigenvalue weighted by Gasteiger charge is 2.06. The third-order valence-corrected chi connectivity index (χ3v) is 9.53. The van der Waals surface area contributed by atoms with E-state index >= 15 is 0 Å². The number of hydrogen-bond donors (Lipinski definition) is 0. The molecule has 1 unspecified atom stereocenters. The fourth-order valence-electron chi connectivity index (χ4n) is 6.05. The van der Waals surface area contributed by atoms with Gasteiger partial charge in [-0.25, -0.2) is 0 Å². The molecule has 0 rings (SSSR count). The van der Waals surface area contributed by atoms with Gasteiger partial charge in [-0.3, -0.25) is 0 Å². The summed E-state index contributed by atoms with van der Waals surface area (Å²) >= 11 is 0. The van der Waals surface area contributed by atoms with Gasteiger partial charge in [0.25, 0.3) is 0 Å². The molecule has 0 aliphatic carbocycles. The zero-order valence-corrected chi connectivity index (χ0v) is 36.2. The van der Waals surface area contributed by atoms with Crippen LogP contribution in [0.2, 0.25) is 0 Å². The van der Waals surface area contributed by atoms with Crippen molar-refractivity contribution < 1.29 is 9.47 Å². The van der Waals surface area contributed by atoms with Crippen LogP contribution in [-0.4, -0.2) is 25.9 Å². The Balaban J connectivity index is -0.00000247. The fourth-order valence-corrected chi connectivity index (χ4v) is 6.05. The van der Waals surface area contributed by atoms with Crippen molar-refractivity contribution in [1.29, 1.82) is 0 Å². The normalized spacial score (nSPS) is 11.9. The lowest BCUT2D eigenvalue weighted by molar-refractivity contribution is -0.0200. The molecule has 0 N–H and O–H groups in total. The van der Waals surface area contributed by atoms with Crippen LogP contribution in [0.5, 0.6) is 0 Å². The Bertz CT molecular complexity index is 579. The maximum atomic E-state index is 6.10. The lowest BCUT2D eigenvalue weighted by atomic mass is 10.1. The maximum absolute atomic E-state index is 6.10. The Morgan fingerprint density at radius 3 is 0.960 bits per heavy atom. The van der Waals surface area contributed by atoms with Gasteiger partial charge in [-0.15, -0.1) is 0 Å². The first kappa shape index (κ1) is 53.8. The SMILES string of the molecule is CC.CCCCCC.CCCCCCCC/C=C\CCCCCCCCOCC(CC)OCCCCCCCC/C=C\CCCCCCCC. The number of rotatable bonds is 39. The van der Waals surface area contributed by atoms with Gasteiger partial charge in [0.1, 0.15) is 0 Å². The summed E-state index contributed by atoms with van der Waals surface area (Å²) in [6, 6.07) is 0. The summed E-state index contributed by atoms with van der Waals surface area (Å²) in [5.41, 5.74) is 0. The van der Waals surface area contributed by atoms with E-state index in [9.17, 15) is 0 Å². The van der Waals surface area contributed by atoms with E-state index in [1.165, 1.54) is 205 Å². The van der Waals surface area contributed by atoms with Crippen LogP contribution in [0.1, 0.15) is 260 Å². The first-order valence-corrected chi connectivity index (χ1v) is 23.3. The molecule has 2 heteroatoms. The average Bonchev–Trinajstić information content (AvgIpc) is 3.14. The summed E-state index contributed by atoms with van der Waals surface area (Å²) in [4.78, 5) is 0. The zero-order valence-electron chi connectivity index (χ0n) is 36.2. The van der Waals surface area contributed by atoms with Gasteiger partial charge in [-0.1, -0.05) is 214 Å². The van der Waals surface area contributed by atoms with Crippen LogP contribution in [0.15, 0.2) is 24.3 Å². The highest BCUT2D eigenvalue weighted by molar-refractivity contribution is 4.82. The standard InChI is InChI=1S/C40H78O2.C6H14.C2H6/c1-4-7-9-11-13-15-17-19-21-23-25-27-29-31-33-35-37-41-39-40(6-3)42-38-36-34-32-30-28-26-24-22-20-18-16-14-12-10-8-5-2;1-3-5-6-4-2;1-2/h19-22,40H,4-18,23-39H2,1-3H3;3-6H2,1-2H3;1-2H3/b21-19-,22-20-;;. The number of hydrogen-bond acceptors (Lipinski definition) is 2. The quantitative estimate of drug-likeness (QED) is 0.0468. The molecule has 0 heterocycles. The fraction of sp³-hybridized carbons (Fsp3) is 0.917. The monoisotopic (exact) mass is 707 g/mol. The zero-order chi connectivity index (χ0) is 37.3. The van der Waals surface area contributed by atoms with Crippen LogP contribution < -0.4 is 0 Å². The molecule has 50 heavy (non-hydrogen) atoms. The minimum Gasteiger partial charge on any atom is -0.379 e. The van der Waals surface area contributed by atoms with Gasteiger partial charge < -0.3 is 9.47 Å².